The number of hydrogen-bond donors (Lipinski definition) is 1. The number of nitrogens with zero attached hydrogens (tertiary/aromatic N) is 1. The minimum Gasteiger partial charge on any atom is -0.326 e. The summed E-state index contributed by atoms with van der Waals surface area (Å²) in [6.45, 7) is 9.61. The van der Waals surface area contributed by atoms with E-state index in [9.17, 15) is 0 Å². The maximum atomic E-state index is 6.10. The summed E-state index contributed by atoms with van der Waals surface area (Å²) in [6, 6.07) is 1.16. The maximum Gasteiger partial charge on any atom is 0.0247 e. The number of rotatable bonds is 1. The van der Waals surface area contributed by atoms with Gasteiger partial charge in [-0.05, 0) is 24.2 Å². The van der Waals surface area contributed by atoms with Gasteiger partial charge in [-0.1, -0.05) is 27.2 Å². The van der Waals surface area contributed by atoms with E-state index in [1.165, 1.54) is 32.4 Å². The summed E-state index contributed by atoms with van der Waals surface area (Å²) < 4.78 is 0. The first-order chi connectivity index (χ1) is 6.48. The number of hydrogen-bond acceptors (Lipinski definition) is 2. The highest BCUT2D eigenvalue weighted by Gasteiger charge is 2.41. The van der Waals surface area contributed by atoms with Crippen molar-refractivity contribution >= 4 is 0 Å². The maximum absolute atomic E-state index is 6.10. The van der Waals surface area contributed by atoms with Crippen molar-refractivity contribution < 1.29 is 0 Å². The van der Waals surface area contributed by atoms with Crippen LogP contribution in [-0.4, -0.2) is 30.1 Å². The largest absolute Gasteiger partial charge is 0.326 e. The SMILES string of the molecule is CC(C)(C)C1CN(C2CCCC2N)C1. The average molecular weight is 196 g/mol. The van der Waals surface area contributed by atoms with Gasteiger partial charge in [-0.2, -0.15) is 0 Å². The van der Waals surface area contributed by atoms with Gasteiger partial charge in [0.15, 0.2) is 0 Å². The van der Waals surface area contributed by atoms with Gasteiger partial charge in [0, 0.05) is 25.2 Å². The smallest absolute Gasteiger partial charge is 0.0247 e. The quantitative estimate of drug-likeness (QED) is 0.693. The molecule has 1 heterocycles. The van der Waals surface area contributed by atoms with E-state index in [0.717, 1.165) is 5.92 Å². The van der Waals surface area contributed by atoms with Crippen molar-refractivity contribution in [3.63, 3.8) is 0 Å². The highest BCUT2D eigenvalue weighted by molar-refractivity contribution is 4.96. The van der Waals surface area contributed by atoms with Crippen LogP contribution in [0.3, 0.4) is 0 Å². The first kappa shape index (κ1) is 10.4. The van der Waals surface area contributed by atoms with Crippen molar-refractivity contribution in [2.45, 2.75) is 52.1 Å². The van der Waals surface area contributed by atoms with Gasteiger partial charge in [0.1, 0.15) is 0 Å². The van der Waals surface area contributed by atoms with E-state index in [0.29, 0.717) is 17.5 Å². The molecular weight excluding hydrogens is 172 g/mol. The highest BCUT2D eigenvalue weighted by atomic mass is 15.2. The molecule has 0 aromatic carbocycles. The van der Waals surface area contributed by atoms with Crippen LogP contribution in [0.4, 0.5) is 0 Å². The molecule has 0 bridgehead atoms. The summed E-state index contributed by atoms with van der Waals surface area (Å²) in [6.07, 6.45) is 3.90. The van der Waals surface area contributed by atoms with Crippen molar-refractivity contribution in [1.29, 1.82) is 0 Å². The van der Waals surface area contributed by atoms with Crippen LogP contribution in [0.5, 0.6) is 0 Å². The Kier molecular flexibility index (Phi) is 2.61. The van der Waals surface area contributed by atoms with Crippen LogP contribution < -0.4 is 5.73 Å². The molecule has 0 spiro atoms. The Hall–Kier alpha value is -0.0800. The molecule has 1 saturated heterocycles. The van der Waals surface area contributed by atoms with Gasteiger partial charge >= 0.3 is 0 Å². The Labute approximate surface area is 87.8 Å². The number of nitrogens with two attached hydrogens (primary N) is 1. The summed E-state index contributed by atoms with van der Waals surface area (Å²) in [5, 5.41) is 0. The molecule has 0 aromatic rings. The van der Waals surface area contributed by atoms with E-state index >= 15 is 0 Å². The lowest BCUT2D eigenvalue weighted by Gasteiger charge is -2.50. The van der Waals surface area contributed by atoms with Crippen LogP contribution in [-0.2, 0) is 0 Å². The Bertz CT molecular complexity index is 201. The first-order valence-electron chi connectivity index (χ1n) is 5.98. The zero-order chi connectivity index (χ0) is 10.3. The molecule has 2 rings (SSSR count). The summed E-state index contributed by atoms with van der Waals surface area (Å²) in [7, 11) is 0. The third-order valence-electron chi connectivity index (χ3n) is 4.14. The van der Waals surface area contributed by atoms with E-state index in [-0.39, 0.29) is 0 Å². The second kappa shape index (κ2) is 3.49. The van der Waals surface area contributed by atoms with Crippen LogP contribution in [0.15, 0.2) is 0 Å². The fourth-order valence-electron chi connectivity index (χ4n) is 2.75. The number of likely N-dealkylation sites (tertiary alicyclic amines) is 1. The standard InChI is InChI=1S/C12H24N2/c1-12(2,3)9-7-14(8-9)11-6-4-5-10(11)13/h9-11H,4-8,13H2,1-3H3. The van der Waals surface area contributed by atoms with Crippen LogP contribution in [0, 0.1) is 11.3 Å². The van der Waals surface area contributed by atoms with Crippen LogP contribution in [0.2, 0.25) is 0 Å². The van der Waals surface area contributed by atoms with Crippen LogP contribution in [0.1, 0.15) is 40.0 Å². The predicted octanol–water partition coefficient (Wildman–Crippen LogP) is 1.84. The van der Waals surface area contributed by atoms with Gasteiger partial charge in [-0.3, -0.25) is 4.90 Å². The molecule has 2 atom stereocenters. The fraction of sp³-hybridized carbons (Fsp3) is 1.00. The molecule has 1 saturated carbocycles. The molecule has 1 aliphatic carbocycles. The molecule has 2 nitrogen and oxygen atoms in total. The normalized spacial score (nSPS) is 36.0. The topological polar surface area (TPSA) is 29.3 Å². The zero-order valence-corrected chi connectivity index (χ0v) is 9.79. The lowest BCUT2D eigenvalue weighted by Crippen LogP contribution is -2.59. The van der Waals surface area contributed by atoms with Gasteiger partial charge in [0.05, 0.1) is 0 Å². The first-order valence-corrected chi connectivity index (χ1v) is 5.98. The molecule has 82 valence electrons. The van der Waals surface area contributed by atoms with Crippen molar-refractivity contribution in [3.05, 3.63) is 0 Å². The Balaban J connectivity index is 1.83. The molecule has 2 fully saturated rings. The Morgan fingerprint density at radius 3 is 2.21 bits per heavy atom. The summed E-state index contributed by atoms with van der Waals surface area (Å²) in [4.78, 5) is 2.60. The minimum atomic E-state index is 0.455. The van der Waals surface area contributed by atoms with Crippen LogP contribution in [0.25, 0.3) is 0 Å². The second-order valence-corrected chi connectivity index (χ2v) is 6.18. The third-order valence-corrected chi connectivity index (χ3v) is 4.14. The molecule has 0 radical (unpaired) electrons. The average Bonchev–Trinajstić information content (AvgIpc) is 2.30. The predicted molar refractivity (Wildman–Crippen MR) is 60.1 cm³/mol. The van der Waals surface area contributed by atoms with Crippen molar-refractivity contribution in [2.75, 3.05) is 13.1 Å². The molecule has 0 amide bonds. The van der Waals surface area contributed by atoms with Gasteiger partial charge in [0.2, 0.25) is 0 Å². The Morgan fingerprint density at radius 2 is 1.79 bits per heavy atom. The molecule has 2 N–H and O–H groups in total. The molecule has 0 aromatic heterocycles. The molecule has 14 heavy (non-hydrogen) atoms. The van der Waals surface area contributed by atoms with Gasteiger partial charge in [-0.25, -0.2) is 0 Å². The zero-order valence-electron chi connectivity index (χ0n) is 9.79. The van der Waals surface area contributed by atoms with Crippen molar-refractivity contribution in [1.82, 2.24) is 4.90 Å². The summed E-state index contributed by atoms with van der Waals surface area (Å²) in [5.41, 5.74) is 6.59. The van der Waals surface area contributed by atoms with Gasteiger partial charge in [-0.15, -0.1) is 0 Å². The fourth-order valence-corrected chi connectivity index (χ4v) is 2.75. The summed E-state index contributed by atoms with van der Waals surface area (Å²) >= 11 is 0. The summed E-state index contributed by atoms with van der Waals surface area (Å²) in [5.74, 6) is 0.885. The lowest BCUT2D eigenvalue weighted by molar-refractivity contribution is -0.00918. The molecule has 2 heteroatoms. The van der Waals surface area contributed by atoms with E-state index in [4.69, 9.17) is 5.73 Å². The van der Waals surface area contributed by atoms with E-state index < -0.39 is 0 Å². The molecule has 1 aliphatic heterocycles. The monoisotopic (exact) mass is 196 g/mol. The third kappa shape index (κ3) is 1.82. The molecule has 2 unspecified atom stereocenters. The van der Waals surface area contributed by atoms with Crippen LogP contribution >= 0.6 is 0 Å². The minimum absolute atomic E-state index is 0.455. The highest BCUT2D eigenvalue weighted by Crippen LogP contribution is 2.37. The van der Waals surface area contributed by atoms with Crippen molar-refractivity contribution in [3.8, 4) is 0 Å². The molecular formula is C12H24N2. The lowest BCUT2D eigenvalue weighted by atomic mass is 9.75. The molecule has 2 aliphatic rings. The van der Waals surface area contributed by atoms with Gasteiger partial charge in [0.25, 0.3) is 0 Å². The van der Waals surface area contributed by atoms with E-state index in [2.05, 4.69) is 25.7 Å². The van der Waals surface area contributed by atoms with Gasteiger partial charge < -0.3 is 5.73 Å². The Morgan fingerprint density at radius 1 is 1.14 bits per heavy atom. The van der Waals surface area contributed by atoms with E-state index in [1.807, 2.05) is 0 Å². The van der Waals surface area contributed by atoms with E-state index in [1.54, 1.807) is 0 Å². The second-order valence-electron chi connectivity index (χ2n) is 6.18. The van der Waals surface area contributed by atoms with Crippen molar-refractivity contribution in [2.24, 2.45) is 17.1 Å².